The van der Waals surface area contributed by atoms with Crippen LogP contribution in [0.2, 0.25) is 0 Å². The van der Waals surface area contributed by atoms with Gasteiger partial charge in [0.15, 0.2) is 0 Å². The second-order valence-corrected chi connectivity index (χ2v) is 5.96. The zero-order valence-electron chi connectivity index (χ0n) is 10.9. The van der Waals surface area contributed by atoms with E-state index in [0.717, 1.165) is 0 Å². The molecule has 2 bridgehead atoms. The molecule has 132 valence electrons. The van der Waals surface area contributed by atoms with E-state index < -0.39 is 53.7 Å². The van der Waals surface area contributed by atoms with Crippen molar-refractivity contribution >= 4 is 0 Å². The van der Waals surface area contributed by atoms with E-state index in [9.17, 15) is 43.9 Å². The number of alkyl halides is 10. The normalized spacial score (nSPS) is 41.8. The minimum atomic E-state index is -6.81. The molecular weight excluding hydrogens is 350 g/mol. The highest BCUT2D eigenvalue weighted by Crippen LogP contribution is 2.72. The predicted octanol–water partition coefficient (Wildman–Crippen LogP) is 4.55. The second-order valence-electron chi connectivity index (χ2n) is 5.96. The lowest BCUT2D eigenvalue weighted by Gasteiger charge is -2.56. The fraction of sp³-hybridized carbons (Fsp3) is 0.833. The minimum absolute atomic E-state index is 0.0127. The number of rotatable bonds is 3. The molecule has 2 fully saturated rings. The van der Waals surface area contributed by atoms with Crippen LogP contribution < -0.4 is 0 Å². The van der Waals surface area contributed by atoms with Crippen LogP contribution in [0.25, 0.3) is 0 Å². The zero-order valence-corrected chi connectivity index (χ0v) is 10.9. The standard InChI is InChI=1S/C12H8F10O/c13-8(14)6-4-1-2-5(3-4)7(6)9(8,15)23-12(21,22)10(16,17)11(18,19)20/h1-2,4-7H,3H2/t4-,5-,6-,7+,9+/m0/s1. The number of ether oxygens (including phenoxy) is 1. The van der Waals surface area contributed by atoms with Gasteiger partial charge in [-0.2, -0.15) is 39.5 Å². The van der Waals surface area contributed by atoms with Crippen LogP contribution in [0.1, 0.15) is 6.42 Å². The first kappa shape index (κ1) is 16.8. The summed E-state index contributed by atoms with van der Waals surface area (Å²) >= 11 is 0. The summed E-state index contributed by atoms with van der Waals surface area (Å²) in [7, 11) is 0. The lowest BCUT2D eigenvalue weighted by atomic mass is 9.60. The molecule has 3 aliphatic rings. The molecule has 3 rings (SSSR count). The van der Waals surface area contributed by atoms with Gasteiger partial charge in [0, 0.05) is 11.8 Å². The molecule has 0 spiro atoms. The zero-order chi connectivity index (χ0) is 17.6. The van der Waals surface area contributed by atoms with Crippen LogP contribution in [0, 0.1) is 23.7 Å². The van der Waals surface area contributed by atoms with Crippen LogP contribution in [0.4, 0.5) is 43.9 Å². The molecule has 11 heteroatoms. The molecule has 0 N–H and O–H groups in total. The summed E-state index contributed by atoms with van der Waals surface area (Å²) < 4.78 is 133. The Hall–Kier alpha value is -1.00. The Morgan fingerprint density at radius 3 is 1.78 bits per heavy atom. The highest BCUT2D eigenvalue weighted by molar-refractivity contribution is 5.28. The van der Waals surface area contributed by atoms with Gasteiger partial charge in [0.1, 0.15) is 0 Å². The van der Waals surface area contributed by atoms with E-state index in [1.807, 2.05) is 0 Å². The number of fused-ring (bicyclic) bond motifs is 5. The van der Waals surface area contributed by atoms with Gasteiger partial charge < -0.3 is 0 Å². The smallest absolute Gasteiger partial charge is 0.271 e. The van der Waals surface area contributed by atoms with Crippen molar-refractivity contribution in [2.75, 3.05) is 0 Å². The maximum atomic E-state index is 14.3. The van der Waals surface area contributed by atoms with Gasteiger partial charge in [-0.1, -0.05) is 12.2 Å². The van der Waals surface area contributed by atoms with E-state index in [-0.39, 0.29) is 6.42 Å². The maximum Gasteiger partial charge on any atom is 0.462 e. The maximum absolute atomic E-state index is 14.3. The third kappa shape index (κ3) is 1.79. The van der Waals surface area contributed by atoms with Crippen LogP contribution >= 0.6 is 0 Å². The van der Waals surface area contributed by atoms with Crippen LogP contribution in [-0.2, 0) is 4.74 Å². The van der Waals surface area contributed by atoms with E-state index in [2.05, 4.69) is 4.74 Å². The Morgan fingerprint density at radius 2 is 1.30 bits per heavy atom. The average Bonchev–Trinajstić information content (AvgIpc) is 2.95. The molecule has 0 aromatic carbocycles. The highest BCUT2D eigenvalue weighted by Gasteiger charge is 2.87. The lowest BCUT2D eigenvalue weighted by molar-refractivity contribution is -0.511. The quantitative estimate of drug-likeness (QED) is 0.532. The Balaban J connectivity index is 1.92. The first-order chi connectivity index (χ1) is 10.2. The molecule has 5 atom stereocenters. The summed E-state index contributed by atoms with van der Waals surface area (Å²) in [4.78, 5) is 0. The van der Waals surface area contributed by atoms with Gasteiger partial charge in [0.05, 0.1) is 0 Å². The molecule has 0 radical (unpaired) electrons. The van der Waals surface area contributed by atoms with Gasteiger partial charge >= 0.3 is 24.1 Å². The van der Waals surface area contributed by atoms with Crippen molar-refractivity contribution in [3.63, 3.8) is 0 Å². The first-order valence-corrected chi connectivity index (χ1v) is 6.44. The second kappa shape index (κ2) is 4.15. The first-order valence-electron chi connectivity index (χ1n) is 6.44. The molecule has 0 aromatic rings. The summed E-state index contributed by atoms with van der Waals surface area (Å²) in [6.07, 6.45) is -10.7. The lowest BCUT2D eigenvalue weighted by Crippen LogP contribution is -2.74. The molecule has 3 aliphatic carbocycles. The van der Waals surface area contributed by atoms with Crippen molar-refractivity contribution in [3.8, 4) is 0 Å². The van der Waals surface area contributed by atoms with Crippen molar-refractivity contribution < 1.29 is 48.6 Å². The molecule has 1 nitrogen and oxygen atoms in total. The summed E-state index contributed by atoms with van der Waals surface area (Å²) in [5, 5.41) is 0. The third-order valence-electron chi connectivity index (χ3n) is 4.76. The summed E-state index contributed by atoms with van der Waals surface area (Å²) in [5.41, 5.74) is 0. The Labute approximate surface area is 122 Å². The van der Waals surface area contributed by atoms with Crippen molar-refractivity contribution in [2.24, 2.45) is 23.7 Å². The van der Waals surface area contributed by atoms with E-state index >= 15 is 0 Å². The minimum Gasteiger partial charge on any atom is -0.271 e. The average molecular weight is 358 g/mol. The summed E-state index contributed by atoms with van der Waals surface area (Å²) in [6.45, 7) is 0. The Kier molecular flexibility index (Phi) is 3.04. The largest absolute Gasteiger partial charge is 0.462 e. The molecule has 0 saturated heterocycles. The molecule has 0 amide bonds. The molecular formula is C12H8F10O. The topological polar surface area (TPSA) is 9.23 Å². The SMILES string of the molecule is FC(F)(F)C(F)(F)C(F)(F)O[C@]1(F)[C@H]2[C@H]([C@H]3C=C[C@H]2C3)C1(F)F. The van der Waals surface area contributed by atoms with Gasteiger partial charge in [0.25, 0.3) is 5.85 Å². The van der Waals surface area contributed by atoms with E-state index in [1.54, 1.807) is 0 Å². The Morgan fingerprint density at radius 1 is 0.826 bits per heavy atom. The fourth-order valence-corrected chi connectivity index (χ4v) is 3.73. The van der Waals surface area contributed by atoms with E-state index in [4.69, 9.17) is 0 Å². The van der Waals surface area contributed by atoms with Crippen molar-refractivity contribution in [1.82, 2.24) is 0 Å². The third-order valence-corrected chi connectivity index (χ3v) is 4.76. The molecule has 0 aliphatic heterocycles. The van der Waals surface area contributed by atoms with E-state index in [1.165, 1.54) is 12.2 Å². The predicted molar refractivity (Wildman–Crippen MR) is 53.5 cm³/mol. The van der Waals surface area contributed by atoms with Gasteiger partial charge in [-0.25, -0.2) is 4.39 Å². The van der Waals surface area contributed by atoms with Crippen LogP contribution in [0.5, 0.6) is 0 Å². The molecule has 2 saturated carbocycles. The molecule has 0 aromatic heterocycles. The van der Waals surface area contributed by atoms with Gasteiger partial charge in [-0.15, -0.1) is 0 Å². The van der Waals surface area contributed by atoms with Crippen LogP contribution in [-0.4, -0.2) is 30.0 Å². The van der Waals surface area contributed by atoms with Gasteiger partial charge in [-0.05, 0) is 18.3 Å². The Bertz CT molecular complexity index is 553. The number of halogens is 10. The van der Waals surface area contributed by atoms with Crippen LogP contribution in [0.3, 0.4) is 0 Å². The number of hydrogen-bond donors (Lipinski definition) is 0. The van der Waals surface area contributed by atoms with Gasteiger partial charge in [0.2, 0.25) is 0 Å². The van der Waals surface area contributed by atoms with E-state index in [0.29, 0.717) is 0 Å². The fourth-order valence-electron chi connectivity index (χ4n) is 3.73. The number of allylic oxidation sites excluding steroid dienone is 2. The van der Waals surface area contributed by atoms with Crippen molar-refractivity contribution in [3.05, 3.63) is 12.2 Å². The highest BCUT2D eigenvalue weighted by atomic mass is 19.4. The number of hydrogen-bond acceptors (Lipinski definition) is 1. The molecule has 23 heavy (non-hydrogen) atoms. The van der Waals surface area contributed by atoms with Crippen LogP contribution in [0.15, 0.2) is 12.2 Å². The summed E-state index contributed by atoms with van der Waals surface area (Å²) in [6, 6.07) is 0. The molecule has 0 unspecified atom stereocenters. The van der Waals surface area contributed by atoms with Crippen molar-refractivity contribution in [1.29, 1.82) is 0 Å². The van der Waals surface area contributed by atoms with Crippen molar-refractivity contribution in [2.45, 2.75) is 36.4 Å². The molecule has 0 heterocycles. The summed E-state index contributed by atoms with van der Waals surface area (Å²) in [5.74, 6) is -21.4. The van der Waals surface area contributed by atoms with Gasteiger partial charge in [-0.3, -0.25) is 4.74 Å². The monoisotopic (exact) mass is 358 g/mol.